The summed E-state index contributed by atoms with van der Waals surface area (Å²) in [5, 5.41) is 12.7. The van der Waals surface area contributed by atoms with Gasteiger partial charge in [-0.05, 0) is 28.1 Å². The van der Waals surface area contributed by atoms with Crippen LogP contribution in [0, 0.1) is 0 Å². The van der Waals surface area contributed by atoms with Crippen LogP contribution in [0.5, 0.6) is 5.75 Å². The molecule has 0 atom stereocenters. The predicted octanol–water partition coefficient (Wildman–Crippen LogP) is 3.66. The minimum atomic E-state index is -0.322. The Morgan fingerprint density at radius 3 is 2.55 bits per heavy atom. The summed E-state index contributed by atoms with van der Waals surface area (Å²) in [6.45, 7) is -0.0536. The van der Waals surface area contributed by atoms with Crippen LogP contribution in [-0.2, 0) is 0 Å². The van der Waals surface area contributed by atoms with E-state index in [1.807, 2.05) is 0 Å². The number of benzene rings is 1. The summed E-state index contributed by atoms with van der Waals surface area (Å²) in [7, 11) is 0. The van der Waals surface area contributed by atoms with Gasteiger partial charge in [0.2, 0.25) is 5.95 Å². The van der Waals surface area contributed by atoms with Crippen molar-refractivity contribution in [1.29, 1.82) is 0 Å². The second-order valence-corrected chi connectivity index (χ2v) is 6.02. The predicted molar refractivity (Wildman–Crippen MR) is 83.4 cm³/mol. The van der Waals surface area contributed by atoms with Gasteiger partial charge in [-0.15, -0.1) is 0 Å². The van der Waals surface area contributed by atoms with Gasteiger partial charge in [0, 0.05) is 16.9 Å². The molecule has 0 amide bonds. The first-order chi connectivity index (χ1) is 9.47. The molecule has 1 heterocycles. The minimum Gasteiger partial charge on any atom is -0.506 e. The van der Waals surface area contributed by atoms with E-state index in [0.29, 0.717) is 10.4 Å². The van der Waals surface area contributed by atoms with Gasteiger partial charge < -0.3 is 10.4 Å². The number of nitrogens with zero attached hydrogens (tertiary/aromatic N) is 2. The maximum Gasteiger partial charge on any atom is 0.223 e. The van der Waals surface area contributed by atoms with E-state index in [1.54, 1.807) is 12.4 Å². The molecule has 0 radical (unpaired) electrons. The molecule has 0 bridgehead atoms. The average Bonchev–Trinajstić information content (AvgIpc) is 2.42. The summed E-state index contributed by atoms with van der Waals surface area (Å²) in [4.78, 5) is 20.0. The Morgan fingerprint density at radius 1 is 1.25 bits per heavy atom. The van der Waals surface area contributed by atoms with Gasteiger partial charge in [0.05, 0.1) is 21.6 Å². The number of rotatable bonds is 4. The molecular formula is C12H8Br2ClN3O2. The number of Topliss-reactive ketones (excluding diaryl/α,β-unsaturated/α-hetero) is 1. The molecule has 0 saturated heterocycles. The topological polar surface area (TPSA) is 75.1 Å². The van der Waals surface area contributed by atoms with Crippen molar-refractivity contribution in [2.45, 2.75) is 0 Å². The fraction of sp³-hybridized carbons (Fsp3) is 0.0833. The van der Waals surface area contributed by atoms with Gasteiger partial charge in [-0.1, -0.05) is 27.5 Å². The molecule has 20 heavy (non-hydrogen) atoms. The highest BCUT2D eigenvalue weighted by Gasteiger charge is 2.15. The molecule has 0 saturated carbocycles. The van der Waals surface area contributed by atoms with Gasteiger partial charge in [0.25, 0.3) is 0 Å². The summed E-state index contributed by atoms with van der Waals surface area (Å²) in [5.74, 6) is -0.238. The fourth-order valence-electron chi connectivity index (χ4n) is 1.44. The number of phenolic OH excluding ortho intramolecular Hbond substituents is 1. The number of carbonyl (C=O) groups excluding carboxylic acids is 1. The van der Waals surface area contributed by atoms with Crippen LogP contribution in [0.25, 0.3) is 0 Å². The van der Waals surface area contributed by atoms with Crippen LogP contribution in [0.3, 0.4) is 0 Å². The molecule has 0 aliphatic rings. The van der Waals surface area contributed by atoms with E-state index in [4.69, 9.17) is 11.6 Å². The van der Waals surface area contributed by atoms with Gasteiger partial charge in [-0.25, -0.2) is 9.97 Å². The van der Waals surface area contributed by atoms with Crippen LogP contribution in [-0.4, -0.2) is 27.4 Å². The third kappa shape index (κ3) is 3.68. The zero-order valence-electron chi connectivity index (χ0n) is 9.90. The SMILES string of the molecule is O=C(CNc1ncc(Br)cn1)c1cc(Br)cc(Cl)c1O. The second-order valence-electron chi connectivity index (χ2n) is 3.79. The van der Waals surface area contributed by atoms with Crippen molar-refractivity contribution in [2.75, 3.05) is 11.9 Å². The molecule has 0 aliphatic heterocycles. The zero-order chi connectivity index (χ0) is 14.7. The standard InChI is InChI=1S/C12H8Br2ClN3O2/c13-6-1-8(11(20)9(15)2-6)10(19)5-18-12-16-3-7(14)4-17-12/h1-4,20H,5H2,(H,16,17,18). The zero-order valence-corrected chi connectivity index (χ0v) is 13.8. The van der Waals surface area contributed by atoms with E-state index in [0.717, 1.165) is 4.47 Å². The van der Waals surface area contributed by atoms with E-state index >= 15 is 0 Å². The van der Waals surface area contributed by atoms with Crippen molar-refractivity contribution >= 4 is 55.2 Å². The number of aromatic hydroxyl groups is 1. The van der Waals surface area contributed by atoms with Crippen LogP contribution in [0.1, 0.15) is 10.4 Å². The maximum absolute atomic E-state index is 12.0. The van der Waals surface area contributed by atoms with E-state index in [2.05, 4.69) is 47.1 Å². The summed E-state index contributed by atoms with van der Waals surface area (Å²) in [6.07, 6.45) is 3.13. The summed E-state index contributed by atoms with van der Waals surface area (Å²) in [6, 6.07) is 3.02. The number of anilines is 1. The summed E-state index contributed by atoms with van der Waals surface area (Å²) < 4.78 is 1.36. The van der Waals surface area contributed by atoms with Crippen LogP contribution in [0.15, 0.2) is 33.5 Å². The Morgan fingerprint density at radius 2 is 1.90 bits per heavy atom. The molecule has 2 rings (SSSR count). The first-order valence-electron chi connectivity index (χ1n) is 5.40. The van der Waals surface area contributed by atoms with E-state index in [-0.39, 0.29) is 28.7 Å². The molecule has 2 aromatic rings. The lowest BCUT2D eigenvalue weighted by atomic mass is 10.1. The van der Waals surface area contributed by atoms with Gasteiger partial charge in [-0.3, -0.25) is 4.79 Å². The average molecular weight is 421 g/mol. The Bertz CT molecular complexity index is 650. The molecule has 0 aliphatic carbocycles. The van der Waals surface area contributed by atoms with Gasteiger partial charge in [0.1, 0.15) is 5.75 Å². The number of ketones is 1. The number of hydrogen-bond donors (Lipinski definition) is 2. The van der Waals surface area contributed by atoms with Crippen molar-refractivity contribution < 1.29 is 9.90 Å². The molecule has 1 aromatic carbocycles. The number of halogens is 3. The van der Waals surface area contributed by atoms with Crippen molar-refractivity contribution in [3.8, 4) is 5.75 Å². The highest BCUT2D eigenvalue weighted by molar-refractivity contribution is 9.10. The minimum absolute atomic E-state index is 0.0536. The normalized spacial score (nSPS) is 10.3. The smallest absolute Gasteiger partial charge is 0.223 e. The van der Waals surface area contributed by atoms with Crippen LogP contribution < -0.4 is 5.32 Å². The molecule has 0 unspecified atom stereocenters. The van der Waals surface area contributed by atoms with E-state index in [9.17, 15) is 9.90 Å². The second kappa shape index (κ2) is 6.51. The van der Waals surface area contributed by atoms with Crippen LogP contribution in [0.2, 0.25) is 5.02 Å². The molecule has 1 aromatic heterocycles. The highest BCUT2D eigenvalue weighted by atomic mass is 79.9. The molecule has 0 spiro atoms. The third-order valence-electron chi connectivity index (χ3n) is 2.36. The van der Waals surface area contributed by atoms with Crippen molar-refractivity contribution in [2.24, 2.45) is 0 Å². The van der Waals surface area contributed by atoms with Crippen molar-refractivity contribution in [3.63, 3.8) is 0 Å². The number of aromatic nitrogens is 2. The van der Waals surface area contributed by atoms with Crippen molar-refractivity contribution in [1.82, 2.24) is 9.97 Å². The molecule has 8 heteroatoms. The largest absolute Gasteiger partial charge is 0.506 e. The van der Waals surface area contributed by atoms with Gasteiger partial charge >= 0.3 is 0 Å². The number of hydrogen-bond acceptors (Lipinski definition) is 5. The van der Waals surface area contributed by atoms with Gasteiger partial charge in [-0.2, -0.15) is 0 Å². The first-order valence-corrected chi connectivity index (χ1v) is 7.36. The number of phenols is 1. The number of nitrogens with one attached hydrogen (secondary N) is 1. The van der Waals surface area contributed by atoms with Gasteiger partial charge in [0.15, 0.2) is 5.78 Å². The Kier molecular flexibility index (Phi) is 4.95. The lowest BCUT2D eigenvalue weighted by Gasteiger charge is -2.07. The van der Waals surface area contributed by atoms with E-state index < -0.39 is 0 Å². The molecule has 104 valence electrons. The first kappa shape index (κ1) is 15.2. The fourth-order valence-corrected chi connectivity index (χ4v) is 2.45. The highest BCUT2D eigenvalue weighted by Crippen LogP contribution is 2.31. The molecule has 5 nitrogen and oxygen atoms in total. The number of carbonyl (C=O) groups is 1. The van der Waals surface area contributed by atoms with E-state index in [1.165, 1.54) is 12.1 Å². The van der Waals surface area contributed by atoms with Crippen LogP contribution in [0.4, 0.5) is 5.95 Å². The summed E-state index contributed by atoms with van der Waals surface area (Å²) in [5.41, 5.74) is 0.133. The molecule has 2 N–H and O–H groups in total. The Hall–Kier alpha value is -1.18. The van der Waals surface area contributed by atoms with Crippen molar-refractivity contribution in [3.05, 3.63) is 44.1 Å². The molecular weight excluding hydrogens is 413 g/mol. The third-order valence-corrected chi connectivity index (χ3v) is 3.51. The Labute approximate surface area is 136 Å². The monoisotopic (exact) mass is 419 g/mol. The Balaban J connectivity index is 2.11. The molecule has 0 fully saturated rings. The lowest BCUT2D eigenvalue weighted by molar-refractivity contribution is 0.100. The maximum atomic E-state index is 12.0. The lowest BCUT2D eigenvalue weighted by Crippen LogP contribution is -2.15. The van der Waals surface area contributed by atoms with Crippen LogP contribution >= 0.6 is 43.5 Å². The summed E-state index contributed by atoms with van der Waals surface area (Å²) >= 11 is 12.3. The quantitative estimate of drug-likeness (QED) is 0.737.